The highest BCUT2D eigenvalue weighted by Crippen LogP contribution is 1.89. The van der Waals surface area contributed by atoms with Gasteiger partial charge in [-0.05, 0) is 18.6 Å². The van der Waals surface area contributed by atoms with Crippen LogP contribution in [-0.2, 0) is 9.53 Å². The lowest BCUT2D eigenvalue weighted by Crippen LogP contribution is -2.22. The van der Waals surface area contributed by atoms with Gasteiger partial charge in [-0.3, -0.25) is 4.79 Å². The molecule has 0 bridgehead atoms. The third-order valence-corrected chi connectivity index (χ3v) is 1.83. The monoisotopic (exact) mass is 210 g/mol. The zero-order chi connectivity index (χ0) is 11.5. The molecule has 84 valence electrons. The fourth-order valence-electron chi connectivity index (χ4n) is 0.886. The van der Waals surface area contributed by atoms with Gasteiger partial charge < -0.3 is 14.5 Å². The van der Waals surface area contributed by atoms with Crippen molar-refractivity contribution in [2.45, 2.75) is 0 Å². The Hall–Kier alpha value is -1.55. The lowest BCUT2D eigenvalue weighted by molar-refractivity contribution is -0.116. The highest BCUT2D eigenvalue weighted by atomic mass is 16.5. The van der Waals surface area contributed by atoms with E-state index in [2.05, 4.69) is 19.7 Å². The Morgan fingerprint density at radius 1 is 0.933 bits per heavy atom. The predicted molar refractivity (Wildman–Crippen MR) is 60.9 cm³/mol. The van der Waals surface area contributed by atoms with Crippen LogP contribution in [0.1, 0.15) is 0 Å². The highest BCUT2D eigenvalue weighted by molar-refractivity contribution is 5.48. The van der Waals surface area contributed by atoms with E-state index >= 15 is 0 Å². The largest absolute Gasteiger partial charge is 0.378 e. The Morgan fingerprint density at radius 2 is 1.40 bits per heavy atom. The maximum Gasteiger partial charge on any atom is 0.213 e. The molecule has 0 aromatic heterocycles. The van der Waals surface area contributed by atoms with Crippen molar-refractivity contribution in [3.05, 3.63) is 38.3 Å². The van der Waals surface area contributed by atoms with Crippen molar-refractivity contribution in [2.75, 3.05) is 26.3 Å². The first-order chi connectivity index (χ1) is 7.28. The fraction of sp³-hybridized carbons (Fsp3) is 0.364. The van der Waals surface area contributed by atoms with Crippen molar-refractivity contribution in [2.24, 2.45) is 0 Å². The summed E-state index contributed by atoms with van der Waals surface area (Å²) in [5.74, 6) is 0. The molecule has 0 aliphatic heterocycles. The van der Waals surface area contributed by atoms with E-state index in [0.717, 1.165) is 6.41 Å². The zero-order valence-electron chi connectivity index (χ0n) is 8.97. The number of carbonyl (C=O) groups excluding carboxylic acids is 1. The quantitative estimate of drug-likeness (QED) is 0.401. The molecule has 0 N–H and O–H groups in total. The molecule has 0 unspecified atom stereocenters. The summed E-state index contributed by atoms with van der Waals surface area (Å²) in [4.78, 5) is 13.6. The van der Waals surface area contributed by atoms with Crippen LogP contribution in [0.4, 0.5) is 0 Å². The van der Waals surface area contributed by atoms with Crippen molar-refractivity contribution < 1.29 is 9.53 Å². The van der Waals surface area contributed by atoms with E-state index in [4.69, 9.17) is 4.74 Å². The molecule has 0 aliphatic carbocycles. The van der Waals surface area contributed by atoms with Crippen LogP contribution in [0.3, 0.4) is 0 Å². The molecule has 0 aromatic carbocycles. The molecular weight excluding hydrogens is 192 g/mol. The molecular formula is C11H18N2O2. The van der Waals surface area contributed by atoms with E-state index < -0.39 is 0 Å². The van der Waals surface area contributed by atoms with Gasteiger partial charge in [0.2, 0.25) is 6.41 Å². The Morgan fingerprint density at radius 3 is 1.80 bits per heavy atom. The van der Waals surface area contributed by atoms with Crippen molar-refractivity contribution in [3.63, 3.8) is 0 Å². The van der Waals surface area contributed by atoms with Gasteiger partial charge in [-0.2, -0.15) is 0 Å². The first-order valence-corrected chi connectivity index (χ1v) is 4.70. The molecule has 0 fully saturated rings. The third kappa shape index (κ3) is 6.51. The van der Waals surface area contributed by atoms with Gasteiger partial charge in [0.1, 0.15) is 0 Å². The Kier molecular flexibility index (Phi) is 8.09. The number of hydrogen-bond donors (Lipinski definition) is 0. The number of amides is 1. The summed E-state index contributed by atoms with van der Waals surface area (Å²) in [6.45, 7) is 13.0. The molecule has 0 aliphatic rings. The molecule has 1 amide bonds. The molecule has 0 radical (unpaired) electrons. The number of rotatable bonds is 10. The number of ether oxygens (including phenoxy) is 1. The first-order valence-electron chi connectivity index (χ1n) is 4.70. The van der Waals surface area contributed by atoms with Gasteiger partial charge in [-0.1, -0.05) is 19.7 Å². The van der Waals surface area contributed by atoms with E-state index in [0.29, 0.717) is 26.3 Å². The number of nitrogens with zero attached hydrogens (tertiary/aromatic N) is 2. The second-order valence-corrected chi connectivity index (χ2v) is 2.74. The topological polar surface area (TPSA) is 32.8 Å². The van der Waals surface area contributed by atoms with Gasteiger partial charge in [0.15, 0.2) is 0 Å². The van der Waals surface area contributed by atoms with E-state index in [1.807, 2.05) is 4.90 Å². The zero-order valence-corrected chi connectivity index (χ0v) is 8.97. The average Bonchev–Trinajstić information content (AvgIpc) is 2.29. The Bertz CT molecular complexity index is 179. The summed E-state index contributed by atoms with van der Waals surface area (Å²) >= 11 is 0. The molecule has 0 spiro atoms. The molecule has 0 saturated heterocycles. The first kappa shape index (κ1) is 13.4. The molecule has 4 heteroatoms. The lowest BCUT2D eigenvalue weighted by Gasteiger charge is -2.15. The highest BCUT2D eigenvalue weighted by Gasteiger charge is 1.96. The second-order valence-electron chi connectivity index (χ2n) is 2.74. The summed E-state index contributed by atoms with van der Waals surface area (Å²) in [6.07, 6.45) is 5.54. The van der Waals surface area contributed by atoms with Gasteiger partial charge in [0.25, 0.3) is 0 Å². The summed E-state index contributed by atoms with van der Waals surface area (Å²) in [5.41, 5.74) is 0. The van der Waals surface area contributed by atoms with Gasteiger partial charge in [-0.25, -0.2) is 0 Å². The Balaban J connectivity index is 3.45. The molecule has 15 heavy (non-hydrogen) atoms. The van der Waals surface area contributed by atoms with E-state index in [-0.39, 0.29) is 0 Å². The summed E-state index contributed by atoms with van der Waals surface area (Å²) in [5, 5.41) is 0. The van der Waals surface area contributed by atoms with Crippen LogP contribution in [0.25, 0.3) is 0 Å². The minimum atomic E-state index is 0.493. The van der Waals surface area contributed by atoms with Crippen LogP contribution >= 0.6 is 0 Å². The normalized spacial score (nSPS) is 9.07. The maximum absolute atomic E-state index is 10.4. The van der Waals surface area contributed by atoms with Crippen LogP contribution < -0.4 is 0 Å². The van der Waals surface area contributed by atoms with Gasteiger partial charge >= 0.3 is 0 Å². The SMILES string of the molecule is C=CN(C=C)CCOCCN(C=C)C=O. The molecule has 0 atom stereocenters. The average molecular weight is 210 g/mol. The van der Waals surface area contributed by atoms with Crippen molar-refractivity contribution in [3.8, 4) is 0 Å². The van der Waals surface area contributed by atoms with E-state index in [9.17, 15) is 4.79 Å². The molecule has 4 nitrogen and oxygen atoms in total. The van der Waals surface area contributed by atoms with Crippen LogP contribution in [-0.4, -0.2) is 42.5 Å². The smallest absolute Gasteiger partial charge is 0.213 e. The van der Waals surface area contributed by atoms with Gasteiger partial charge in [0, 0.05) is 13.1 Å². The van der Waals surface area contributed by atoms with Crippen LogP contribution in [0, 0.1) is 0 Å². The molecule has 0 saturated carbocycles. The minimum absolute atomic E-state index is 0.493. The van der Waals surface area contributed by atoms with E-state index in [1.165, 1.54) is 11.1 Å². The van der Waals surface area contributed by atoms with Crippen LogP contribution in [0.15, 0.2) is 38.3 Å². The second kappa shape index (κ2) is 9.02. The molecule has 0 heterocycles. The predicted octanol–water partition coefficient (Wildman–Crippen LogP) is 1.19. The van der Waals surface area contributed by atoms with E-state index in [1.54, 1.807) is 12.4 Å². The lowest BCUT2D eigenvalue weighted by atomic mass is 10.5. The van der Waals surface area contributed by atoms with Gasteiger partial charge in [-0.15, -0.1) is 0 Å². The molecule has 0 aromatic rings. The van der Waals surface area contributed by atoms with Crippen molar-refractivity contribution >= 4 is 6.41 Å². The summed E-state index contributed by atoms with van der Waals surface area (Å²) in [7, 11) is 0. The van der Waals surface area contributed by atoms with Crippen LogP contribution in [0.2, 0.25) is 0 Å². The standard InChI is InChI=1S/C11H18N2O2/c1-4-12(5-2)7-9-15-10-8-13(6-3)11-14/h4-6,11H,1-3,7-10H2. The number of hydrogen-bond acceptors (Lipinski definition) is 3. The van der Waals surface area contributed by atoms with Crippen LogP contribution in [0.5, 0.6) is 0 Å². The molecule has 0 rings (SSSR count). The fourth-order valence-corrected chi connectivity index (χ4v) is 0.886. The Labute approximate surface area is 91.1 Å². The third-order valence-electron chi connectivity index (χ3n) is 1.83. The summed E-state index contributed by atoms with van der Waals surface area (Å²) in [6, 6.07) is 0. The summed E-state index contributed by atoms with van der Waals surface area (Å²) < 4.78 is 5.32. The van der Waals surface area contributed by atoms with Gasteiger partial charge in [0.05, 0.1) is 13.2 Å². The minimum Gasteiger partial charge on any atom is -0.378 e. The van der Waals surface area contributed by atoms with Crippen molar-refractivity contribution in [1.29, 1.82) is 0 Å². The van der Waals surface area contributed by atoms with Crippen molar-refractivity contribution in [1.82, 2.24) is 9.80 Å². The number of carbonyl (C=O) groups is 1. The maximum atomic E-state index is 10.4.